The van der Waals surface area contributed by atoms with E-state index in [1.54, 1.807) is 30.3 Å². The Bertz CT molecular complexity index is 823. The third-order valence-electron chi connectivity index (χ3n) is 2.98. The van der Waals surface area contributed by atoms with Crippen molar-refractivity contribution in [3.8, 4) is 11.5 Å². The Hall–Kier alpha value is -2.25. The molecule has 8 heteroatoms. The first-order valence-corrected chi connectivity index (χ1v) is 8.94. The average Bonchev–Trinajstić information content (AvgIpc) is 2.57. The monoisotopic (exact) mass is 368 g/mol. The van der Waals surface area contributed by atoms with Crippen molar-refractivity contribution in [2.24, 2.45) is 5.10 Å². The first-order chi connectivity index (χ1) is 11.5. The second kappa shape index (κ2) is 8.03. The lowest BCUT2D eigenvalue weighted by Crippen LogP contribution is -2.18. The number of sulfonamides is 1. The minimum absolute atomic E-state index is 0.129. The molecule has 0 atom stereocenters. The van der Waals surface area contributed by atoms with Crippen molar-refractivity contribution in [1.82, 2.24) is 4.83 Å². The minimum atomic E-state index is -3.71. The van der Waals surface area contributed by atoms with E-state index in [4.69, 9.17) is 21.1 Å². The molecule has 0 fully saturated rings. The van der Waals surface area contributed by atoms with E-state index >= 15 is 0 Å². The van der Waals surface area contributed by atoms with E-state index in [1.165, 1.54) is 25.5 Å². The zero-order valence-corrected chi connectivity index (χ0v) is 14.8. The molecule has 1 N–H and O–H groups in total. The predicted molar refractivity (Wildman–Crippen MR) is 93.5 cm³/mol. The zero-order valence-electron chi connectivity index (χ0n) is 13.2. The Balaban J connectivity index is 2.19. The van der Waals surface area contributed by atoms with E-state index in [-0.39, 0.29) is 4.90 Å². The van der Waals surface area contributed by atoms with E-state index in [1.807, 2.05) is 6.92 Å². The molecule has 24 heavy (non-hydrogen) atoms. The molecule has 0 aliphatic rings. The third kappa shape index (κ3) is 4.39. The third-order valence-corrected chi connectivity index (χ3v) is 4.50. The number of hydrazone groups is 1. The highest BCUT2D eigenvalue weighted by molar-refractivity contribution is 7.89. The van der Waals surface area contributed by atoms with Crippen LogP contribution < -0.4 is 14.3 Å². The highest BCUT2D eigenvalue weighted by Crippen LogP contribution is 2.35. The van der Waals surface area contributed by atoms with Gasteiger partial charge in [-0.3, -0.25) is 0 Å². The molecule has 2 aromatic carbocycles. The molecule has 0 saturated carbocycles. The summed E-state index contributed by atoms with van der Waals surface area (Å²) in [4.78, 5) is 2.28. The van der Waals surface area contributed by atoms with Gasteiger partial charge in [-0.15, -0.1) is 0 Å². The minimum Gasteiger partial charge on any atom is -0.493 e. The normalized spacial score (nSPS) is 11.5. The molecule has 6 nitrogen and oxygen atoms in total. The van der Waals surface area contributed by atoms with Gasteiger partial charge in [0.2, 0.25) is 0 Å². The highest BCUT2D eigenvalue weighted by atomic mass is 35.5. The van der Waals surface area contributed by atoms with Crippen LogP contribution in [0.1, 0.15) is 12.5 Å². The van der Waals surface area contributed by atoms with Crippen molar-refractivity contribution in [2.45, 2.75) is 11.8 Å². The SMILES string of the molecule is CCOc1c(Cl)cc(C=NNS(=O)(=O)c2ccccc2)cc1OC. The quantitative estimate of drug-likeness (QED) is 0.602. The molecular formula is C16H17ClN2O4S. The fourth-order valence-electron chi connectivity index (χ4n) is 1.92. The maximum atomic E-state index is 12.1. The summed E-state index contributed by atoms with van der Waals surface area (Å²) < 4.78 is 34.8. The lowest BCUT2D eigenvalue weighted by Gasteiger charge is -2.11. The van der Waals surface area contributed by atoms with Gasteiger partial charge in [0.1, 0.15) is 0 Å². The van der Waals surface area contributed by atoms with Crippen LogP contribution in [0.25, 0.3) is 0 Å². The molecule has 0 saturated heterocycles. The molecule has 0 bridgehead atoms. The maximum absolute atomic E-state index is 12.1. The molecule has 128 valence electrons. The Labute approximate surface area is 146 Å². The summed E-state index contributed by atoms with van der Waals surface area (Å²) in [5.41, 5.74) is 0.566. The van der Waals surface area contributed by atoms with Gasteiger partial charge in [-0.25, -0.2) is 4.83 Å². The molecule has 0 spiro atoms. The summed E-state index contributed by atoms with van der Waals surface area (Å²) in [6, 6.07) is 11.2. The summed E-state index contributed by atoms with van der Waals surface area (Å²) in [6.45, 7) is 2.28. The summed E-state index contributed by atoms with van der Waals surface area (Å²) in [5.74, 6) is 0.875. The number of nitrogens with zero attached hydrogens (tertiary/aromatic N) is 1. The Kier molecular flexibility index (Phi) is 6.05. The van der Waals surface area contributed by atoms with E-state index in [0.29, 0.717) is 28.7 Å². The molecule has 2 aromatic rings. The van der Waals surface area contributed by atoms with E-state index < -0.39 is 10.0 Å². The molecule has 0 aliphatic carbocycles. The van der Waals surface area contributed by atoms with Crippen LogP contribution in [0, 0.1) is 0 Å². The van der Waals surface area contributed by atoms with E-state index in [2.05, 4.69) is 9.93 Å². The van der Waals surface area contributed by atoms with Gasteiger partial charge >= 0.3 is 0 Å². The van der Waals surface area contributed by atoms with E-state index in [0.717, 1.165) is 0 Å². The number of rotatable bonds is 7. The van der Waals surface area contributed by atoms with Crippen LogP contribution in [0.5, 0.6) is 11.5 Å². The second-order valence-electron chi connectivity index (χ2n) is 4.63. The Morgan fingerprint density at radius 1 is 1.25 bits per heavy atom. The molecular weight excluding hydrogens is 352 g/mol. The van der Waals surface area contributed by atoms with Gasteiger partial charge in [-0.05, 0) is 36.8 Å². The van der Waals surface area contributed by atoms with Gasteiger partial charge in [0.25, 0.3) is 10.0 Å². The van der Waals surface area contributed by atoms with Crippen molar-refractivity contribution < 1.29 is 17.9 Å². The second-order valence-corrected chi connectivity index (χ2v) is 6.70. The molecule has 0 aliphatic heterocycles. The average molecular weight is 369 g/mol. The van der Waals surface area contributed by atoms with Crippen molar-refractivity contribution in [3.63, 3.8) is 0 Å². The number of ether oxygens (including phenoxy) is 2. The molecule has 0 aromatic heterocycles. The summed E-state index contributed by atoms with van der Waals surface area (Å²) in [5, 5.41) is 4.11. The fraction of sp³-hybridized carbons (Fsp3) is 0.188. The standard InChI is InChI=1S/C16H17ClN2O4S/c1-3-23-16-14(17)9-12(10-15(16)22-2)11-18-19-24(20,21)13-7-5-4-6-8-13/h4-11,19H,3H2,1-2H3. The summed E-state index contributed by atoms with van der Waals surface area (Å²) in [6.07, 6.45) is 1.34. The van der Waals surface area contributed by atoms with Crippen LogP contribution in [-0.2, 0) is 10.0 Å². The molecule has 0 heterocycles. The zero-order chi connectivity index (χ0) is 17.6. The first kappa shape index (κ1) is 18.1. The summed E-state index contributed by atoms with van der Waals surface area (Å²) in [7, 11) is -2.22. The summed E-state index contributed by atoms with van der Waals surface area (Å²) >= 11 is 6.15. The largest absolute Gasteiger partial charge is 0.493 e. The van der Waals surface area contributed by atoms with Crippen molar-refractivity contribution in [2.75, 3.05) is 13.7 Å². The van der Waals surface area contributed by atoms with Crippen LogP contribution in [0.3, 0.4) is 0 Å². The van der Waals surface area contributed by atoms with Gasteiger partial charge < -0.3 is 9.47 Å². The van der Waals surface area contributed by atoms with Crippen LogP contribution in [-0.4, -0.2) is 28.3 Å². The van der Waals surface area contributed by atoms with Crippen LogP contribution in [0.2, 0.25) is 5.02 Å². The van der Waals surface area contributed by atoms with Gasteiger partial charge in [0, 0.05) is 0 Å². The number of nitrogens with one attached hydrogen (secondary N) is 1. The topological polar surface area (TPSA) is 77.0 Å². The first-order valence-electron chi connectivity index (χ1n) is 7.08. The number of halogens is 1. The number of benzene rings is 2. The lowest BCUT2D eigenvalue weighted by molar-refractivity contribution is 0.311. The van der Waals surface area contributed by atoms with E-state index in [9.17, 15) is 8.42 Å². The smallest absolute Gasteiger partial charge is 0.276 e. The van der Waals surface area contributed by atoms with Crippen molar-refractivity contribution in [1.29, 1.82) is 0 Å². The Morgan fingerprint density at radius 3 is 2.58 bits per heavy atom. The molecule has 0 radical (unpaired) electrons. The lowest BCUT2D eigenvalue weighted by atomic mass is 10.2. The fourth-order valence-corrected chi connectivity index (χ4v) is 3.01. The van der Waals surface area contributed by atoms with Gasteiger partial charge in [-0.1, -0.05) is 29.8 Å². The van der Waals surface area contributed by atoms with Crippen molar-refractivity contribution in [3.05, 3.63) is 53.1 Å². The molecule has 0 amide bonds. The molecule has 2 rings (SSSR count). The predicted octanol–water partition coefficient (Wildman–Crippen LogP) is 3.06. The van der Waals surface area contributed by atoms with Crippen LogP contribution >= 0.6 is 11.6 Å². The van der Waals surface area contributed by atoms with Crippen LogP contribution in [0.15, 0.2) is 52.5 Å². The molecule has 0 unspecified atom stereocenters. The number of hydrogen-bond acceptors (Lipinski definition) is 5. The maximum Gasteiger partial charge on any atom is 0.276 e. The van der Waals surface area contributed by atoms with Gasteiger partial charge in [-0.2, -0.15) is 13.5 Å². The number of methoxy groups -OCH3 is 1. The highest BCUT2D eigenvalue weighted by Gasteiger charge is 2.12. The van der Waals surface area contributed by atoms with Gasteiger partial charge in [0.15, 0.2) is 11.5 Å². The van der Waals surface area contributed by atoms with Crippen LogP contribution in [0.4, 0.5) is 0 Å². The number of hydrogen-bond donors (Lipinski definition) is 1. The van der Waals surface area contributed by atoms with Gasteiger partial charge in [0.05, 0.1) is 29.8 Å². The Morgan fingerprint density at radius 2 is 1.96 bits per heavy atom. The van der Waals surface area contributed by atoms with Crippen molar-refractivity contribution >= 4 is 27.8 Å².